The molecule has 0 spiro atoms. The molecule has 1 heterocycles. The van der Waals surface area contributed by atoms with Crippen molar-refractivity contribution in [3.63, 3.8) is 0 Å². The third kappa shape index (κ3) is 2.71. The van der Waals surface area contributed by atoms with Crippen LogP contribution in [0.3, 0.4) is 0 Å². The zero-order valence-electron chi connectivity index (χ0n) is 13.6. The monoisotopic (exact) mass is 316 g/mol. The lowest BCUT2D eigenvalue weighted by atomic mass is 10.0. The first-order chi connectivity index (χ1) is 11.0. The number of ether oxygens (including phenoxy) is 2. The number of esters is 1. The van der Waals surface area contributed by atoms with Crippen molar-refractivity contribution in [2.75, 3.05) is 6.61 Å². The van der Waals surface area contributed by atoms with E-state index in [1.165, 1.54) is 0 Å². The first kappa shape index (κ1) is 15.6. The van der Waals surface area contributed by atoms with Crippen molar-refractivity contribution in [3.8, 4) is 5.75 Å². The molecule has 1 aromatic heterocycles. The number of aryl methyl sites for hydroxylation is 2. The van der Waals surface area contributed by atoms with E-state index in [2.05, 4.69) is 0 Å². The number of benzene rings is 1. The Balaban J connectivity index is 2.01. The molecule has 0 saturated heterocycles. The van der Waals surface area contributed by atoms with Gasteiger partial charge in [0.15, 0.2) is 6.10 Å². The van der Waals surface area contributed by atoms with Crippen molar-refractivity contribution in [2.24, 2.45) is 0 Å². The second-order valence-corrected chi connectivity index (χ2v) is 5.78. The van der Waals surface area contributed by atoms with E-state index in [0.29, 0.717) is 17.9 Å². The van der Waals surface area contributed by atoms with Gasteiger partial charge >= 0.3 is 11.6 Å². The maximum atomic E-state index is 12.1. The van der Waals surface area contributed by atoms with Crippen LogP contribution in [0.2, 0.25) is 0 Å². The molecule has 1 atom stereocenters. The van der Waals surface area contributed by atoms with E-state index in [-0.39, 0.29) is 5.63 Å². The molecule has 0 N–H and O–H groups in total. The fourth-order valence-corrected chi connectivity index (χ4v) is 3.09. The van der Waals surface area contributed by atoms with E-state index < -0.39 is 12.1 Å². The average Bonchev–Trinajstić information content (AvgIpc) is 3.01. The first-order valence-corrected chi connectivity index (χ1v) is 7.94. The van der Waals surface area contributed by atoms with Gasteiger partial charge in [-0.25, -0.2) is 9.59 Å². The van der Waals surface area contributed by atoms with E-state index in [1.54, 1.807) is 13.8 Å². The number of carbonyl (C=O) groups is 1. The summed E-state index contributed by atoms with van der Waals surface area (Å²) < 4.78 is 16.1. The predicted octanol–water partition coefficient (Wildman–Crippen LogP) is 2.92. The van der Waals surface area contributed by atoms with Gasteiger partial charge in [-0.05, 0) is 57.7 Å². The topological polar surface area (TPSA) is 65.7 Å². The van der Waals surface area contributed by atoms with Crippen molar-refractivity contribution >= 4 is 16.9 Å². The van der Waals surface area contributed by atoms with Gasteiger partial charge < -0.3 is 13.9 Å². The Hall–Kier alpha value is -2.30. The van der Waals surface area contributed by atoms with Crippen LogP contribution in [-0.2, 0) is 22.4 Å². The molecule has 122 valence electrons. The molecule has 0 aliphatic heterocycles. The molecule has 0 amide bonds. The van der Waals surface area contributed by atoms with E-state index in [4.69, 9.17) is 13.9 Å². The molecule has 23 heavy (non-hydrogen) atoms. The van der Waals surface area contributed by atoms with Crippen molar-refractivity contribution in [1.29, 1.82) is 0 Å². The first-order valence-electron chi connectivity index (χ1n) is 7.94. The lowest BCUT2D eigenvalue weighted by Crippen LogP contribution is -2.26. The van der Waals surface area contributed by atoms with E-state index in [1.807, 2.05) is 19.1 Å². The summed E-state index contributed by atoms with van der Waals surface area (Å²) in [5, 5.41) is 0.964. The van der Waals surface area contributed by atoms with Crippen LogP contribution in [0, 0.1) is 6.92 Å². The lowest BCUT2D eigenvalue weighted by Gasteiger charge is -2.16. The number of rotatable bonds is 4. The highest BCUT2D eigenvalue weighted by Gasteiger charge is 2.22. The lowest BCUT2D eigenvalue weighted by molar-refractivity contribution is -0.150. The van der Waals surface area contributed by atoms with Crippen molar-refractivity contribution in [1.82, 2.24) is 0 Å². The van der Waals surface area contributed by atoms with Gasteiger partial charge in [0.25, 0.3) is 0 Å². The molecular weight excluding hydrogens is 296 g/mol. The number of carbonyl (C=O) groups excluding carboxylic acids is 1. The second-order valence-electron chi connectivity index (χ2n) is 5.78. The summed E-state index contributed by atoms with van der Waals surface area (Å²) in [5.74, 6) is 0.113. The van der Waals surface area contributed by atoms with Crippen molar-refractivity contribution < 1.29 is 18.7 Å². The average molecular weight is 316 g/mol. The molecule has 2 aromatic rings. The zero-order chi connectivity index (χ0) is 16.6. The number of hydrogen-bond acceptors (Lipinski definition) is 5. The van der Waals surface area contributed by atoms with Crippen LogP contribution in [0.4, 0.5) is 0 Å². The van der Waals surface area contributed by atoms with Crippen LogP contribution < -0.4 is 10.4 Å². The summed E-state index contributed by atoms with van der Waals surface area (Å²) in [4.78, 5) is 23.8. The Morgan fingerprint density at radius 3 is 2.78 bits per heavy atom. The van der Waals surface area contributed by atoms with Gasteiger partial charge in [0.1, 0.15) is 11.3 Å². The van der Waals surface area contributed by atoms with E-state index in [9.17, 15) is 9.59 Å². The molecular formula is C18H20O5. The number of hydrogen-bond donors (Lipinski definition) is 0. The summed E-state index contributed by atoms with van der Waals surface area (Å²) in [7, 11) is 0. The molecule has 1 aliphatic rings. The van der Waals surface area contributed by atoms with E-state index >= 15 is 0 Å². The fraction of sp³-hybridized carbons (Fsp3) is 0.444. The fourth-order valence-electron chi connectivity index (χ4n) is 3.09. The van der Waals surface area contributed by atoms with Gasteiger partial charge in [-0.2, -0.15) is 0 Å². The molecule has 0 bridgehead atoms. The highest BCUT2D eigenvalue weighted by Crippen LogP contribution is 2.33. The largest absolute Gasteiger partial charge is 0.479 e. The summed E-state index contributed by atoms with van der Waals surface area (Å²) >= 11 is 0. The van der Waals surface area contributed by atoms with Crippen LogP contribution in [0.15, 0.2) is 21.3 Å². The van der Waals surface area contributed by atoms with Crippen molar-refractivity contribution in [3.05, 3.63) is 39.2 Å². The predicted molar refractivity (Wildman–Crippen MR) is 86.0 cm³/mol. The SMILES string of the molecule is CCOC(=O)[C@@H](C)Oc1ccc2c3c(c(=O)oc2c1C)CCC3. The van der Waals surface area contributed by atoms with Crippen LogP contribution in [0.1, 0.15) is 37.0 Å². The Kier molecular flexibility index (Phi) is 4.11. The van der Waals surface area contributed by atoms with Crippen LogP contribution in [0.5, 0.6) is 5.75 Å². The Bertz CT molecular complexity index is 818. The van der Waals surface area contributed by atoms with Gasteiger partial charge in [-0.3, -0.25) is 0 Å². The van der Waals surface area contributed by atoms with Crippen molar-refractivity contribution in [2.45, 2.75) is 46.1 Å². The molecule has 1 aliphatic carbocycles. The molecule has 3 rings (SSSR count). The smallest absolute Gasteiger partial charge is 0.347 e. The molecule has 1 aromatic carbocycles. The summed E-state index contributed by atoms with van der Waals surface area (Å²) in [5.41, 5.74) is 2.90. The second kappa shape index (κ2) is 6.07. The van der Waals surface area contributed by atoms with Crippen LogP contribution in [0.25, 0.3) is 11.0 Å². The number of fused-ring (bicyclic) bond motifs is 3. The van der Waals surface area contributed by atoms with Gasteiger partial charge in [0, 0.05) is 16.5 Å². The molecule has 5 nitrogen and oxygen atoms in total. The quantitative estimate of drug-likeness (QED) is 0.641. The highest BCUT2D eigenvalue weighted by atomic mass is 16.6. The minimum Gasteiger partial charge on any atom is -0.479 e. The standard InChI is InChI=1S/C18H20O5/c1-4-21-17(19)11(3)22-15-9-8-13-12-6-5-7-14(12)18(20)23-16(13)10(15)2/h8-9,11H,4-7H2,1-3H3/t11-/m1/s1. The zero-order valence-corrected chi connectivity index (χ0v) is 13.6. The van der Waals surface area contributed by atoms with Gasteiger partial charge in [0.2, 0.25) is 0 Å². The Morgan fingerprint density at radius 2 is 2.04 bits per heavy atom. The minimum atomic E-state index is -0.716. The summed E-state index contributed by atoms with van der Waals surface area (Å²) in [6.07, 6.45) is 1.95. The molecule has 0 unspecified atom stereocenters. The minimum absolute atomic E-state index is 0.260. The van der Waals surface area contributed by atoms with Gasteiger partial charge in [-0.1, -0.05) is 0 Å². The third-order valence-corrected chi connectivity index (χ3v) is 4.26. The van der Waals surface area contributed by atoms with Crippen LogP contribution >= 0.6 is 0 Å². The van der Waals surface area contributed by atoms with Crippen LogP contribution in [-0.4, -0.2) is 18.7 Å². The third-order valence-electron chi connectivity index (χ3n) is 4.26. The Labute approximate surface area is 134 Å². The maximum absolute atomic E-state index is 12.1. The molecule has 0 saturated carbocycles. The summed E-state index contributed by atoms with van der Waals surface area (Å²) in [6, 6.07) is 3.73. The molecule has 0 radical (unpaired) electrons. The normalized spacial score (nSPS) is 14.6. The highest BCUT2D eigenvalue weighted by molar-refractivity contribution is 5.86. The van der Waals surface area contributed by atoms with Gasteiger partial charge in [-0.15, -0.1) is 0 Å². The maximum Gasteiger partial charge on any atom is 0.347 e. The molecule has 5 heteroatoms. The van der Waals surface area contributed by atoms with E-state index in [0.717, 1.165) is 41.3 Å². The molecule has 0 fully saturated rings. The van der Waals surface area contributed by atoms with Gasteiger partial charge in [0.05, 0.1) is 6.61 Å². The Morgan fingerprint density at radius 1 is 1.30 bits per heavy atom. The summed E-state index contributed by atoms with van der Waals surface area (Å²) in [6.45, 7) is 5.53.